The topological polar surface area (TPSA) is 58.2 Å². The maximum absolute atomic E-state index is 12.1. The molecule has 0 aromatic rings. The van der Waals surface area contributed by atoms with Gasteiger partial charge in [0.1, 0.15) is 0 Å². The molecular formula is C13H26N2O2S. The van der Waals surface area contributed by atoms with Gasteiger partial charge in [-0.25, -0.2) is 13.1 Å². The third-order valence-electron chi connectivity index (χ3n) is 4.50. The highest BCUT2D eigenvalue weighted by atomic mass is 32.2. The van der Waals surface area contributed by atoms with Crippen molar-refractivity contribution in [2.24, 2.45) is 5.92 Å². The summed E-state index contributed by atoms with van der Waals surface area (Å²) in [7, 11) is -3.08. The zero-order valence-corrected chi connectivity index (χ0v) is 12.1. The number of rotatable bonds is 5. The number of nitrogens with one attached hydrogen (secondary N) is 2. The van der Waals surface area contributed by atoms with Crippen LogP contribution in [0.2, 0.25) is 0 Å². The second kappa shape index (κ2) is 6.35. The Labute approximate surface area is 111 Å². The highest BCUT2D eigenvalue weighted by Crippen LogP contribution is 2.24. The summed E-state index contributed by atoms with van der Waals surface area (Å²) >= 11 is 0. The van der Waals surface area contributed by atoms with Crippen molar-refractivity contribution in [2.75, 3.05) is 13.1 Å². The highest BCUT2D eigenvalue weighted by Gasteiger charge is 2.30. The van der Waals surface area contributed by atoms with Crippen molar-refractivity contribution in [3.8, 4) is 0 Å². The lowest BCUT2D eigenvalue weighted by Crippen LogP contribution is -2.49. The van der Waals surface area contributed by atoms with Gasteiger partial charge in [0.05, 0.1) is 5.25 Å². The van der Waals surface area contributed by atoms with Crippen LogP contribution in [0, 0.1) is 5.92 Å². The Morgan fingerprint density at radius 2 is 1.89 bits per heavy atom. The number of sulfonamides is 1. The summed E-state index contributed by atoms with van der Waals surface area (Å²) in [4.78, 5) is 0. The number of piperidine rings is 1. The first-order valence-corrected chi connectivity index (χ1v) is 8.90. The van der Waals surface area contributed by atoms with Crippen LogP contribution in [-0.2, 0) is 10.0 Å². The van der Waals surface area contributed by atoms with Crippen molar-refractivity contribution in [1.29, 1.82) is 0 Å². The molecule has 4 nitrogen and oxygen atoms in total. The smallest absolute Gasteiger partial charge is 0.214 e. The zero-order valence-electron chi connectivity index (χ0n) is 11.3. The van der Waals surface area contributed by atoms with E-state index in [1.165, 1.54) is 12.8 Å². The minimum absolute atomic E-state index is 0.138. The lowest BCUT2D eigenvalue weighted by molar-refractivity contribution is 0.273. The molecular weight excluding hydrogens is 248 g/mol. The number of hydrogen-bond donors (Lipinski definition) is 2. The summed E-state index contributed by atoms with van der Waals surface area (Å²) in [6, 6.07) is 0.319. The summed E-state index contributed by atoms with van der Waals surface area (Å²) in [5.74, 6) is 0.616. The molecule has 2 rings (SSSR count). The van der Waals surface area contributed by atoms with E-state index >= 15 is 0 Å². The van der Waals surface area contributed by atoms with Crippen LogP contribution in [0.5, 0.6) is 0 Å². The van der Waals surface area contributed by atoms with Crippen LogP contribution in [-0.4, -0.2) is 32.8 Å². The summed E-state index contributed by atoms with van der Waals surface area (Å²) in [6.45, 7) is 3.78. The van der Waals surface area contributed by atoms with Gasteiger partial charge in [-0.1, -0.05) is 26.2 Å². The Balaban J connectivity index is 1.85. The fourth-order valence-electron chi connectivity index (χ4n) is 3.27. The molecule has 0 bridgehead atoms. The molecule has 1 saturated heterocycles. The molecule has 1 heterocycles. The molecule has 2 aliphatic rings. The molecule has 0 aromatic heterocycles. The molecule has 18 heavy (non-hydrogen) atoms. The Hall–Kier alpha value is -0.130. The Kier molecular flexibility index (Phi) is 5.04. The average Bonchev–Trinajstić information content (AvgIpc) is 2.91. The standard InChI is InChI=1S/C13H26N2O2S/c1-2-11-6-5-9-14-13(11)10-15-18(16,17)12-7-3-4-8-12/h11-15H,2-10H2,1H3. The van der Waals surface area contributed by atoms with E-state index < -0.39 is 10.0 Å². The van der Waals surface area contributed by atoms with Crippen LogP contribution < -0.4 is 10.0 Å². The fourth-order valence-corrected chi connectivity index (χ4v) is 4.87. The van der Waals surface area contributed by atoms with Gasteiger partial charge in [0, 0.05) is 12.6 Å². The molecule has 1 aliphatic heterocycles. The van der Waals surface area contributed by atoms with Crippen molar-refractivity contribution in [3.63, 3.8) is 0 Å². The minimum Gasteiger partial charge on any atom is -0.312 e. The van der Waals surface area contributed by atoms with Crippen LogP contribution in [0.25, 0.3) is 0 Å². The van der Waals surface area contributed by atoms with Gasteiger partial charge in [-0.2, -0.15) is 0 Å². The van der Waals surface area contributed by atoms with Gasteiger partial charge < -0.3 is 5.32 Å². The zero-order chi connectivity index (χ0) is 13.0. The highest BCUT2D eigenvalue weighted by molar-refractivity contribution is 7.90. The first kappa shape index (κ1) is 14.3. The van der Waals surface area contributed by atoms with Gasteiger partial charge in [0.25, 0.3) is 0 Å². The van der Waals surface area contributed by atoms with Crippen LogP contribution in [0.15, 0.2) is 0 Å². The molecule has 106 valence electrons. The van der Waals surface area contributed by atoms with E-state index in [4.69, 9.17) is 0 Å². The van der Waals surface area contributed by atoms with Crippen molar-refractivity contribution >= 4 is 10.0 Å². The van der Waals surface area contributed by atoms with Crippen molar-refractivity contribution < 1.29 is 8.42 Å². The molecule has 0 radical (unpaired) electrons. The quantitative estimate of drug-likeness (QED) is 0.801. The van der Waals surface area contributed by atoms with Crippen LogP contribution >= 0.6 is 0 Å². The average molecular weight is 274 g/mol. The van der Waals surface area contributed by atoms with E-state index in [1.807, 2.05) is 0 Å². The fraction of sp³-hybridized carbons (Fsp3) is 1.00. The van der Waals surface area contributed by atoms with Gasteiger partial charge in [-0.15, -0.1) is 0 Å². The van der Waals surface area contributed by atoms with E-state index in [-0.39, 0.29) is 5.25 Å². The Morgan fingerprint density at radius 3 is 2.56 bits per heavy atom. The molecule has 0 aromatic carbocycles. The first-order valence-electron chi connectivity index (χ1n) is 7.35. The Morgan fingerprint density at radius 1 is 1.17 bits per heavy atom. The van der Waals surface area contributed by atoms with Crippen LogP contribution in [0.4, 0.5) is 0 Å². The summed E-state index contributed by atoms with van der Waals surface area (Å²) in [5.41, 5.74) is 0. The predicted octanol–water partition coefficient (Wildman–Crippen LogP) is 1.63. The lowest BCUT2D eigenvalue weighted by atomic mass is 9.89. The largest absolute Gasteiger partial charge is 0.312 e. The SMILES string of the molecule is CCC1CCCNC1CNS(=O)(=O)C1CCCC1. The van der Waals surface area contributed by atoms with Gasteiger partial charge in [-0.3, -0.25) is 0 Å². The maximum Gasteiger partial charge on any atom is 0.214 e. The molecule has 0 amide bonds. The van der Waals surface area contributed by atoms with Gasteiger partial charge in [0.15, 0.2) is 0 Å². The maximum atomic E-state index is 12.1. The van der Waals surface area contributed by atoms with Gasteiger partial charge in [0.2, 0.25) is 10.0 Å². The molecule has 5 heteroatoms. The van der Waals surface area contributed by atoms with E-state index in [9.17, 15) is 8.42 Å². The van der Waals surface area contributed by atoms with E-state index in [0.717, 1.165) is 38.6 Å². The molecule has 0 spiro atoms. The molecule has 2 unspecified atom stereocenters. The first-order chi connectivity index (χ1) is 8.63. The second-order valence-electron chi connectivity index (χ2n) is 5.67. The van der Waals surface area contributed by atoms with Crippen molar-refractivity contribution in [3.05, 3.63) is 0 Å². The van der Waals surface area contributed by atoms with Gasteiger partial charge >= 0.3 is 0 Å². The summed E-state index contributed by atoms with van der Waals surface area (Å²) in [5, 5.41) is 3.32. The second-order valence-corrected chi connectivity index (χ2v) is 7.72. The molecule has 2 fully saturated rings. The van der Waals surface area contributed by atoms with Crippen molar-refractivity contribution in [1.82, 2.24) is 10.0 Å². The van der Waals surface area contributed by atoms with Gasteiger partial charge in [-0.05, 0) is 38.1 Å². The molecule has 1 saturated carbocycles. The third-order valence-corrected chi connectivity index (χ3v) is 6.42. The van der Waals surface area contributed by atoms with E-state index in [2.05, 4.69) is 17.0 Å². The lowest BCUT2D eigenvalue weighted by Gasteiger charge is -2.32. The molecule has 2 N–H and O–H groups in total. The van der Waals surface area contributed by atoms with E-state index in [0.29, 0.717) is 18.5 Å². The van der Waals surface area contributed by atoms with Crippen LogP contribution in [0.1, 0.15) is 51.9 Å². The monoisotopic (exact) mass is 274 g/mol. The molecule has 2 atom stereocenters. The molecule has 1 aliphatic carbocycles. The van der Waals surface area contributed by atoms with Crippen molar-refractivity contribution in [2.45, 2.75) is 63.2 Å². The normalized spacial score (nSPS) is 30.7. The Bertz CT molecular complexity index is 350. The third kappa shape index (κ3) is 3.45. The predicted molar refractivity (Wildman–Crippen MR) is 74.0 cm³/mol. The van der Waals surface area contributed by atoms with Crippen LogP contribution in [0.3, 0.4) is 0 Å². The minimum atomic E-state index is -3.08. The summed E-state index contributed by atoms with van der Waals surface area (Å²) < 4.78 is 27.1. The summed E-state index contributed by atoms with van der Waals surface area (Å²) in [6.07, 6.45) is 7.36. The van der Waals surface area contributed by atoms with E-state index in [1.54, 1.807) is 0 Å². The number of hydrogen-bond acceptors (Lipinski definition) is 3.